The predicted octanol–water partition coefficient (Wildman–Crippen LogP) is 0.948. The molecule has 2 amide bonds. The van der Waals surface area contributed by atoms with Crippen LogP contribution in [0.3, 0.4) is 0 Å². The van der Waals surface area contributed by atoms with Gasteiger partial charge in [0.1, 0.15) is 5.75 Å². The second-order valence-electron chi connectivity index (χ2n) is 5.39. The highest BCUT2D eigenvalue weighted by Crippen LogP contribution is 2.10. The van der Waals surface area contributed by atoms with Gasteiger partial charge in [0.25, 0.3) is 5.91 Å². The van der Waals surface area contributed by atoms with Gasteiger partial charge in [0, 0.05) is 19.0 Å². The van der Waals surface area contributed by atoms with Crippen molar-refractivity contribution < 1.29 is 14.3 Å². The molecule has 0 bridgehead atoms. The average Bonchev–Trinajstić information content (AvgIpc) is 2.52. The van der Waals surface area contributed by atoms with Gasteiger partial charge in [-0.25, -0.2) is 4.99 Å². The van der Waals surface area contributed by atoms with E-state index in [1.807, 2.05) is 18.2 Å². The Balaban J connectivity index is 1.97. The van der Waals surface area contributed by atoms with Crippen molar-refractivity contribution in [3.63, 3.8) is 0 Å². The number of nitrogens with one attached hydrogen (secondary N) is 1. The van der Waals surface area contributed by atoms with Gasteiger partial charge in [-0.1, -0.05) is 19.4 Å². The molecular formula is C17H22N2O3. The van der Waals surface area contributed by atoms with Crippen molar-refractivity contribution in [3.8, 4) is 5.75 Å². The number of unbranched alkanes of at least 4 members (excludes halogenated alkanes) is 1. The number of rotatable bonds is 7. The molecule has 0 aromatic heterocycles. The fourth-order valence-electron chi connectivity index (χ4n) is 2.38. The van der Waals surface area contributed by atoms with Crippen LogP contribution in [0.25, 0.3) is 6.08 Å². The van der Waals surface area contributed by atoms with Crippen LogP contribution in [0.4, 0.5) is 0 Å². The number of benzene rings is 1. The number of hydrogen-bond donors (Lipinski definition) is 1. The Bertz CT molecular complexity index is 667. The van der Waals surface area contributed by atoms with Crippen molar-refractivity contribution in [2.24, 2.45) is 10.9 Å². The van der Waals surface area contributed by atoms with Crippen molar-refractivity contribution in [1.82, 2.24) is 5.32 Å². The molecule has 1 aliphatic rings. The third kappa shape index (κ3) is 4.16. The van der Waals surface area contributed by atoms with Gasteiger partial charge in [-0.3, -0.25) is 9.59 Å². The Morgan fingerprint density at radius 1 is 1.41 bits per heavy atom. The van der Waals surface area contributed by atoms with E-state index in [4.69, 9.17) is 4.74 Å². The zero-order valence-electron chi connectivity index (χ0n) is 13.1. The maximum absolute atomic E-state index is 12.1. The number of ether oxygens (including phenoxy) is 1. The number of amides is 2. The molecule has 0 fully saturated rings. The number of carbonyl (C=O) groups is 2. The molecule has 1 aromatic rings. The smallest absolute Gasteiger partial charge is 0.253 e. The molecule has 0 saturated heterocycles. The van der Waals surface area contributed by atoms with E-state index in [2.05, 4.69) is 17.2 Å². The van der Waals surface area contributed by atoms with E-state index in [1.165, 1.54) is 0 Å². The fraction of sp³-hybridized carbons (Fsp3) is 0.471. The highest BCUT2D eigenvalue weighted by molar-refractivity contribution is 5.86. The average molecular weight is 302 g/mol. The second-order valence-corrected chi connectivity index (χ2v) is 5.39. The molecule has 0 radical (unpaired) electrons. The topological polar surface area (TPSA) is 67.8 Å². The summed E-state index contributed by atoms with van der Waals surface area (Å²) in [6.07, 6.45) is 4.94. The predicted molar refractivity (Wildman–Crippen MR) is 83.9 cm³/mol. The van der Waals surface area contributed by atoms with Crippen LogP contribution in [0, 0.1) is 5.92 Å². The maximum Gasteiger partial charge on any atom is 0.253 e. The summed E-state index contributed by atoms with van der Waals surface area (Å²) in [6, 6.07) is 5.51. The summed E-state index contributed by atoms with van der Waals surface area (Å²) in [4.78, 5) is 27.7. The van der Waals surface area contributed by atoms with Gasteiger partial charge in [0.2, 0.25) is 5.91 Å². The summed E-state index contributed by atoms with van der Waals surface area (Å²) in [5, 5.41) is 4.43. The van der Waals surface area contributed by atoms with Gasteiger partial charge >= 0.3 is 0 Å². The van der Waals surface area contributed by atoms with Crippen LogP contribution in [-0.2, 0) is 9.59 Å². The summed E-state index contributed by atoms with van der Waals surface area (Å²) >= 11 is 0. The number of hydrogen-bond acceptors (Lipinski definition) is 3. The lowest BCUT2D eigenvalue weighted by Crippen LogP contribution is -2.35. The molecule has 0 saturated carbocycles. The van der Waals surface area contributed by atoms with Crippen LogP contribution in [0.1, 0.15) is 32.6 Å². The van der Waals surface area contributed by atoms with Crippen molar-refractivity contribution in [3.05, 3.63) is 28.8 Å². The molecular weight excluding hydrogens is 280 g/mol. The molecule has 1 N–H and O–H groups in total. The fourth-order valence-corrected chi connectivity index (χ4v) is 2.38. The Morgan fingerprint density at radius 3 is 2.95 bits per heavy atom. The third-order valence-corrected chi connectivity index (χ3v) is 3.70. The van der Waals surface area contributed by atoms with Gasteiger partial charge < -0.3 is 10.1 Å². The lowest BCUT2D eigenvalue weighted by molar-refractivity contribution is -0.122. The molecule has 0 spiro atoms. The van der Waals surface area contributed by atoms with Crippen LogP contribution in [0.5, 0.6) is 5.75 Å². The molecule has 1 heterocycles. The van der Waals surface area contributed by atoms with E-state index in [9.17, 15) is 9.59 Å². The quantitative estimate of drug-likeness (QED) is 0.815. The highest BCUT2D eigenvalue weighted by Gasteiger charge is 2.18. The Kier molecular flexibility index (Phi) is 5.69. The molecule has 0 aliphatic carbocycles. The van der Waals surface area contributed by atoms with E-state index < -0.39 is 0 Å². The standard InChI is InChI=1S/C17H22N2O3/c1-3-4-5-16(20)18-9-8-13-10-12-6-7-14(22-2)11-15(12)19-17(13)21/h6-7,10-11,13H,3-5,8-9H2,1-2H3,(H,18,20). The summed E-state index contributed by atoms with van der Waals surface area (Å²) < 4.78 is 5.13. The minimum atomic E-state index is -0.271. The summed E-state index contributed by atoms with van der Waals surface area (Å²) in [7, 11) is 1.58. The molecule has 1 aromatic carbocycles. The maximum atomic E-state index is 12.1. The van der Waals surface area contributed by atoms with Crippen LogP contribution >= 0.6 is 0 Å². The zero-order chi connectivity index (χ0) is 15.9. The first kappa shape index (κ1) is 16.2. The Morgan fingerprint density at radius 2 is 2.23 bits per heavy atom. The van der Waals surface area contributed by atoms with Crippen LogP contribution in [0.15, 0.2) is 23.2 Å². The SMILES string of the molecule is CCCCC(=O)NCCC1C=c2ccc(OC)cc2=NC1=O. The minimum Gasteiger partial charge on any atom is -0.497 e. The van der Waals surface area contributed by atoms with Crippen LogP contribution in [0.2, 0.25) is 0 Å². The Hall–Kier alpha value is -2.17. The van der Waals surface area contributed by atoms with E-state index in [0.717, 1.165) is 18.1 Å². The monoisotopic (exact) mass is 302 g/mol. The largest absolute Gasteiger partial charge is 0.497 e. The lowest BCUT2D eigenvalue weighted by Gasteiger charge is -2.13. The molecule has 1 aliphatic heterocycles. The molecule has 1 atom stereocenters. The number of nitrogens with zero attached hydrogens (tertiary/aromatic N) is 1. The van der Waals surface area contributed by atoms with Crippen molar-refractivity contribution in [1.29, 1.82) is 0 Å². The van der Waals surface area contributed by atoms with Gasteiger partial charge in [-0.05, 0) is 30.2 Å². The van der Waals surface area contributed by atoms with Crippen molar-refractivity contribution >= 4 is 17.9 Å². The third-order valence-electron chi connectivity index (χ3n) is 3.70. The van der Waals surface area contributed by atoms with Gasteiger partial charge in [-0.15, -0.1) is 0 Å². The number of methoxy groups -OCH3 is 1. The molecule has 5 nitrogen and oxygen atoms in total. The summed E-state index contributed by atoms with van der Waals surface area (Å²) in [5.74, 6) is 0.299. The van der Waals surface area contributed by atoms with E-state index >= 15 is 0 Å². The van der Waals surface area contributed by atoms with Crippen molar-refractivity contribution in [2.75, 3.05) is 13.7 Å². The van der Waals surface area contributed by atoms with Gasteiger partial charge in [0.05, 0.1) is 18.4 Å². The number of fused-ring (bicyclic) bond motifs is 1. The summed E-state index contributed by atoms with van der Waals surface area (Å²) in [6.45, 7) is 2.55. The van der Waals surface area contributed by atoms with E-state index in [-0.39, 0.29) is 17.7 Å². The summed E-state index contributed by atoms with van der Waals surface area (Å²) in [5.41, 5.74) is 0. The first-order valence-corrected chi connectivity index (χ1v) is 7.69. The molecule has 22 heavy (non-hydrogen) atoms. The van der Waals surface area contributed by atoms with Crippen LogP contribution < -0.4 is 20.6 Å². The zero-order valence-corrected chi connectivity index (χ0v) is 13.1. The van der Waals surface area contributed by atoms with Gasteiger partial charge in [-0.2, -0.15) is 0 Å². The molecule has 118 valence electrons. The molecule has 2 rings (SSSR count). The highest BCUT2D eigenvalue weighted by atomic mass is 16.5. The number of carbonyl (C=O) groups excluding carboxylic acids is 2. The van der Waals surface area contributed by atoms with E-state index in [1.54, 1.807) is 13.2 Å². The Labute approximate surface area is 130 Å². The lowest BCUT2D eigenvalue weighted by atomic mass is 10.0. The molecule has 5 heteroatoms. The van der Waals surface area contributed by atoms with Crippen LogP contribution in [-0.4, -0.2) is 25.5 Å². The van der Waals surface area contributed by atoms with Gasteiger partial charge in [0.15, 0.2) is 0 Å². The first-order valence-electron chi connectivity index (χ1n) is 7.69. The minimum absolute atomic E-state index is 0.0483. The normalized spacial score (nSPS) is 16.3. The first-order chi connectivity index (χ1) is 10.6. The molecule has 1 unspecified atom stereocenters. The second kappa shape index (κ2) is 7.73. The van der Waals surface area contributed by atoms with E-state index in [0.29, 0.717) is 30.5 Å². The van der Waals surface area contributed by atoms with Crippen molar-refractivity contribution in [2.45, 2.75) is 32.6 Å².